The summed E-state index contributed by atoms with van der Waals surface area (Å²) < 4.78 is 32.7. The molecule has 1 aromatic heterocycles. The molecule has 1 fully saturated rings. The highest BCUT2D eigenvalue weighted by Gasteiger charge is 2.43. The van der Waals surface area contributed by atoms with Gasteiger partial charge in [0, 0.05) is 24.7 Å². The summed E-state index contributed by atoms with van der Waals surface area (Å²) >= 11 is 0. The molecule has 9 nitrogen and oxygen atoms in total. The number of carbonyl (C=O) groups excluding carboxylic acids is 2. The molecule has 3 aromatic rings. The lowest BCUT2D eigenvalue weighted by Crippen LogP contribution is -2.48. The van der Waals surface area contributed by atoms with Crippen molar-refractivity contribution in [1.82, 2.24) is 14.4 Å². The van der Waals surface area contributed by atoms with Crippen molar-refractivity contribution in [3.8, 4) is 0 Å². The largest absolute Gasteiger partial charge is 0.360 e. The molecule has 0 aliphatic carbocycles. The van der Waals surface area contributed by atoms with Gasteiger partial charge in [0.05, 0.1) is 6.54 Å². The Morgan fingerprint density at radius 3 is 2.64 bits per heavy atom. The van der Waals surface area contributed by atoms with E-state index in [9.17, 15) is 18.0 Å². The highest BCUT2D eigenvalue weighted by Crippen LogP contribution is 2.30. The lowest BCUT2D eigenvalue weighted by Gasteiger charge is -2.27. The second-order valence-electron chi connectivity index (χ2n) is 8.20. The van der Waals surface area contributed by atoms with Crippen molar-refractivity contribution in [3.63, 3.8) is 0 Å². The summed E-state index contributed by atoms with van der Waals surface area (Å²) in [5.74, 6) is -0.593. The van der Waals surface area contributed by atoms with E-state index in [2.05, 4.69) is 10.5 Å². The van der Waals surface area contributed by atoms with Gasteiger partial charge in [-0.05, 0) is 38.1 Å². The second-order valence-corrected chi connectivity index (χ2v) is 10.0. The predicted octanol–water partition coefficient (Wildman–Crippen LogP) is 2.69. The van der Waals surface area contributed by atoms with Crippen LogP contribution in [0.25, 0.3) is 10.8 Å². The smallest absolute Gasteiger partial charge is 0.249 e. The van der Waals surface area contributed by atoms with Crippen LogP contribution in [0.5, 0.6) is 0 Å². The Hall–Kier alpha value is -3.24. The molecule has 0 unspecified atom stereocenters. The number of nitrogens with one attached hydrogen (secondary N) is 1. The van der Waals surface area contributed by atoms with E-state index >= 15 is 0 Å². The number of amides is 2. The molecule has 1 N–H and O–H groups in total. The van der Waals surface area contributed by atoms with Gasteiger partial charge in [0.25, 0.3) is 0 Å². The number of anilines is 1. The first-order valence-electron chi connectivity index (χ1n) is 10.7. The van der Waals surface area contributed by atoms with Crippen molar-refractivity contribution >= 4 is 38.3 Å². The molecule has 174 valence electrons. The molecule has 0 bridgehead atoms. The molecule has 1 aliphatic rings. The lowest BCUT2D eigenvalue weighted by atomic mass is 10.1. The van der Waals surface area contributed by atoms with Crippen molar-refractivity contribution < 1.29 is 22.5 Å². The van der Waals surface area contributed by atoms with Crippen molar-refractivity contribution in [1.29, 1.82) is 0 Å². The molecule has 0 spiro atoms. The number of sulfonamides is 1. The molecular weight excluding hydrogens is 444 g/mol. The molecule has 10 heteroatoms. The van der Waals surface area contributed by atoms with Gasteiger partial charge in [-0.1, -0.05) is 41.6 Å². The van der Waals surface area contributed by atoms with Crippen molar-refractivity contribution in [2.75, 3.05) is 25.5 Å². The summed E-state index contributed by atoms with van der Waals surface area (Å²) in [7, 11) is -2.45. The number of rotatable bonds is 6. The summed E-state index contributed by atoms with van der Waals surface area (Å²) in [5, 5.41) is 8.47. The summed E-state index contributed by atoms with van der Waals surface area (Å²) in [6.45, 7) is 3.11. The average Bonchev–Trinajstić information content (AvgIpc) is 3.40. The number of carbonyl (C=O) groups is 2. The molecule has 0 saturated carbocycles. The lowest BCUT2D eigenvalue weighted by molar-refractivity contribution is -0.136. The van der Waals surface area contributed by atoms with Gasteiger partial charge < -0.3 is 14.7 Å². The minimum atomic E-state index is -3.96. The Morgan fingerprint density at radius 2 is 1.91 bits per heavy atom. The van der Waals surface area contributed by atoms with E-state index in [-0.39, 0.29) is 35.3 Å². The zero-order valence-electron chi connectivity index (χ0n) is 18.7. The molecule has 1 aliphatic heterocycles. The van der Waals surface area contributed by atoms with Crippen LogP contribution < -0.4 is 5.32 Å². The minimum absolute atomic E-state index is 0.00134. The number of hydrogen-bond acceptors (Lipinski definition) is 6. The third-order valence-electron chi connectivity index (χ3n) is 5.84. The molecule has 2 heterocycles. The molecule has 4 rings (SSSR count). The Labute approximate surface area is 192 Å². The van der Waals surface area contributed by atoms with Gasteiger partial charge in [0.2, 0.25) is 21.8 Å². The summed E-state index contributed by atoms with van der Waals surface area (Å²) in [4.78, 5) is 27.1. The number of benzene rings is 2. The predicted molar refractivity (Wildman–Crippen MR) is 123 cm³/mol. The maximum absolute atomic E-state index is 13.2. The second kappa shape index (κ2) is 8.95. The summed E-state index contributed by atoms with van der Waals surface area (Å²) in [5.41, 5.74) is 0.913. The van der Waals surface area contributed by atoms with Gasteiger partial charge >= 0.3 is 0 Å². The normalized spacial score (nSPS) is 16.8. The summed E-state index contributed by atoms with van der Waals surface area (Å²) in [6.07, 6.45) is 0.936. The van der Waals surface area contributed by atoms with Gasteiger partial charge in [-0.2, -0.15) is 4.31 Å². The topological polar surface area (TPSA) is 113 Å². The standard InChI is InChI=1S/C23H26N4O5S/c1-15-22(16(2)32-25-15)33(30,31)27-13-7-12-20(27)23(29)26(3)14-21(28)24-19-11-6-9-17-8-4-5-10-18(17)19/h4-6,8-11,20H,7,12-14H2,1-3H3,(H,24,28)/t20-/m1/s1. The third-order valence-corrected chi connectivity index (χ3v) is 8.00. The van der Waals surface area contributed by atoms with Crippen LogP contribution in [0, 0.1) is 13.8 Å². The SMILES string of the molecule is Cc1noc(C)c1S(=O)(=O)N1CCC[C@@H]1C(=O)N(C)CC(=O)Nc1cccc2ccccc12. The summed E-state index contributed by atoms with van der Waals surface area (Å²) in [6, 6.07) is 12.4. The van der Waals surface area contributed by atoms with Gasteiger partial charge in [-0.25, -0.2) is 8.42 Å². The minimum Gasteiger partial charge on any atom is -0.360 e. The first kappa shape index (κ1) is 22.9. The zero-order valence-corrected chi connectivity index (χ0v) is 19.6. The fourth-order valence-electron chi connectivity index (χ4n) is 4.31. The Bertz CT molecular complexity index is 1290. The molecule has 1 saturated heterocycles. The van der Waals surface area contributed by atoms with Crippen LogP contribution in [0.1, 0.15) is 24.3 Å². The fourth-order valence-corrected chi connectivity index (χ4v) is 6.25. The molecule has 2 amide bonds. The fraction of sp³-hybridized carbons (Fsp3) is 0.348. The Balaban J connectivity index is 1.47. The highest BCUT2D eigenvalue weighted by molar-refractivity contribution is 7.89. The van der Waals surface area contributed by atoms with E-state index < -0.39 is 22.0 Å². The van der Waals surface area contributed by atoms with Crippen LogP contribution in [0.3, 0.4) is 0 Å². The van der Waals surface area contributed by atoms with Crippen molar-refractivity contribution in [2.24, 2.45) is 0 Å². The van der Waals surface area contributed by atoms with Crippen LogP contribution in [0.15, 0.2) is 51.9 Å². The number of nitrogens with zero attached hydrogens (tertiary/aromatic N) is 3. The molecule has 33 heavy (non-hydrogen) atoms. The van der Waals surface area contributed by atoms with E-state index in [4.69, 9.17) is 4.52 Å². The van der Waals surface area contributed by atoms with E-state index in [0.717, 1.165) is 10.8 Å². The third kappa shape index (κ3) is 4.36. The zero-order chi connectivity index (χ0) is 23.8. The highest BCUT2D eigenvalue weighted by atomic mass is 32.2. The van der Waals surface area contributed by atoms with E-state index in [1.54, 1.807) is 13.0 Å². The molecular formula is C23H26N4O5S. The van der Waals surface area contributed by atoms with Crippen LogP contribution >= 0.6 is 0 Å². The molecule has 1 atom stereocenters. The quantitative estimate of drug-likeness (QED) is 0.593. The molecule has 2 aromatic carbocycles. The van der Waals surface area contributed by atoms with Crippen LogP contribution in [0.2, 0.25) is 0 Å². The van der Waals surface area contributed by atoms with Crippen LogP contribution in [0.4, 0.5) is 5.69 Å². The number of aromatic nitrogens is 1. The van der Waals surface area contributed by atoms with Crippen LogP contribution in [-0.4, -0.2) is 60.8 Å². The first-order chi connectivity index (χ1) is 15.7. The Morgan fingerprint density at radius 1 is 1.18 bits per heavy atom. The monoisotopic (exact) mass is 470 g/mol. The first-order valence-corrected chi connectivity index (χ1v) is 12.1. The van der Waals surface area contributed by atoms with Gasteiger partial charge in [0.15, 0.2) is 5.76 Å². The van der Waals surface area contributed by atoms with Gasteiger partial charge in [-0.3, -0.25) is 9.59 Å². The van der Waals surface area contributed by atoms with Crippen LogP contribution in [-0.2, 0) is 19.6 Å². The van der Waals surface area contributed by atoms with Gasteiger partial charge in [-0.15, -0.1) is 0 Å². The van der Waals surface area contributed by atoms with Crippen molar-refractivity contribution in [3.05, 3.63) is 53.9 Å². The number of fused-ring (bicyclic) bond motifs is 1. The van der Waals surface area contributed by atoms with E-state index in [1.807, 2.05) is 36.4 Å². The maximum atomic E-state index is 13.2. The van der Waals surface area contributed by atoms with E-state index in [0.29, 0.717) is 18.5 Å². The Kier molecular flexibility index (Phi) is 6.22. The number of aryl methyl sites for hydroxylation is 2. The average molecular weight is 471 g/mol. The van der Waals surface area contributed by atoms with Gasteiger partial charge in [0.1, 0.15) is 16.6 Å². The number of hydrogen-bond donors (Lipinski definition) is 1. The van der Waals surface area contributed by atoms with E-state index in [1.165, 1.54) is 23.2 Å². The van der Waals surface area contributed by atoms with Crippen molar-refractivity contribution in [2.45, 2.75) is 37.6 Å². The number of likely N-dealkylation sites (N-methyl/N-ethyl adjacent to an activating group) is 1. The maximum Gasteiger partial charge on any atom is 0.249 e. The molecule has 0 radical (unpaired) electrons.